The molecule has 2 aliphatic heterocycles. The Hall–Kier alpha value is -0.930. The maximum atomic E-state index is 5.36. The molecule has 0 unspecified atom stereocenters. The molecule has 3 nitrogen and oxygen atoms in total. The zero-order chi connectivity index (χ0) is 9.38. The molecule has 0 atom stereocenters. The van der Waals surface area contributed by atoms with Gasteiger partial charge >= 0.3 is 0 Å². The van der Waals surface area contributed by atoms with Gasteiger partial charge in [-0.15, -0.1) is 12.4 Å². The molecule has 0 bridgehead atoms. The molecule has 82 valence electrons. The fourth-order valence-corrected chi connectivity index (χ4v) is 2.06. The van der Waals surface area contributed by atoms with Crippen molar-refractivity contribution < 1.29 is 9.47 Å². The topological polar surface area (TPSA) is 30.5 Å². The molecule has 0 radical (unpaired) electrons. The van der Waals surface area contributed by atoms with Crippen LogP contribution in [0.1, 0.15) is 11.1 Å². The molecular weight excluding hydrogens is 214 g/mol. The van der Waals surface area contributed by atoms with Crippen molar-refractivity contribution in [2.45, 2.75) is 12.8 Å². The summed E-state index contributed by atoms with van der Waals surface area (Å²) in [6.45, 7) is 2.50. The number of hydrogen-bond donors (Lipinski definition) is 1. The first-order valence-corrected chi connectivity index (χ1v) is 5.05. The van der Waals surface area contributed by atoms with E-state index in [4.69, 9.17) is 9.47 Å². The molecule has 0 aromatic heterocycles. The molecule has 4 heteroatoms. The average Bonchev–Trinajstić information content (AvgIpc) is 2.51. The van der Waals surface area contributed by atoms with Gasteiger partial charge < -0.3 is 14.8 Å². The van der Waals surface area contributed by atoms with Gasteiger partial charge in [-0.1, -0.05) is 0 Å². The van der Waals surface area contributed by atoms with Crippen LogP contribution in [0.5, 0.6) is 11.5 Å². The summed E-state index contributed by atoms with van der Waals surface area (Å²) in [5.41, 5.74) is 2.80. The lowest BCUT2D eigenvalue weighted by Gasteiger charge is -2.06. The van der Waals surface area contributed by atoms with Gasteiger partial charge in [-0.25, -0.2) is 0 Å². The van der Waals surface area contributed by atoms with Crippen LogP contribution < -0.4 is 14.8 Å². The van der Waals surface area contributed by atoms with Crippen LogP contribution in [0.25, 0.3) is 0 Å². The van der Waals surface area contributed by atoms with Crippen molar-refractivity contribution >= 4 is 12.4 Å². The number of benzene rings is 1. The lowest BCUT2D eigenvalue weighted by atomic mass is 10.0. The maximum Gasteiger partial charge on any atom is 0.231 e. The third-order valence-electron chi connectivity index (χ3n) is 2.84. The Morgan fingerprint density at radius 3 is 2.00 bits per heavy atom. The van der Waals surface area contributed by atoms with Crippen molar-refractivity contribution in [1.82, 2.24) is 5.32 Å². The molecule has 0 saturated heterocycles. The molecule has 3 rings (SSSR count). The Kier molecular flexibility index (Phi) is 3.03. The third kappa shape index (κ3) is 1.90. The molecule has 0 spiro atoms. The fourth-order valence-electron chi connectivity index (χ4n) is 2.06. The van der Waals surface area contributed by atoms with E-state index in [0.29, 0.717) is 6.79 Å². The zero-order valence-corrected chi connectivity index (χ0v) is 9.23. The van der Waals surface area contributed by atoms with Gasteiger partial charge in [0.2, 0.25) is 6.79 Å². The van der Waals surface area contributed by atoms with Crippen molar-refractivity contribution in [3.8, 4) is 11.5 Å². The summed E-state index contributed by atoms with van der Waals surface area (Å²) < 4.78 is 10.7. The Morgan fingerprint density at radius 1 is 0.933 bits per heavy atom. The molecule has 0 amide bonds. The summed E-state index contributed by atoms with van der Waals surface area (Å²) >= 11 is 0. The molecule has 2 aliphatic rings. The van der Waals surface area contributed by atoms with E-state index in [0.717, 1.165) is 37.4 Å². The second-order valence-electron chi connectivity index (χ2n) is 3.72. The third-order valence-corrected chi connectivity index (χ3v) is 2.84. The van der Waals surface area contributed by atoms with E-state index in [2.05, 4.69) is 17.4 Å². The van der Waals surface area contributed by atoms with E-state index >= 15 is 0 Å². The molecule has 1 N–H and O–H groups in total. The standard InChI is InChI=1S/C11H13NO2.ClH/c1-3-12-4-2-9-6-11-10(5-8(1)9)13-7-14-11;/h5-6,12H,1-4,7H2;1H. The van der Waals surface area contributed by atoms with Crippen molar-refractivity contribution in [3.63, 3.8) is 0 Å². The SMILES string of the molecule is Cl.c1c2c(cc3c1OCO3)CCNCC2. The first kappa shape index (κ1) is 10.6. The number of fused-ring (bicyclic) bond motifs is 2. The van der Waals surface area contributed by atoms with Crippen LogP contribution in [0, 0.1) is 0 Å². The molecule has 1 aromatic rings. The molecular formula is C11H14ClNO2. The highest BCUT2D eigenvalue weighted by atomic mass is 35.5. The lowest BCUT2D eigenvalue weighted by molar-refractivity contribution is 0.174. The zero-order valence-electron chi connectivity index (χ0n) is 8.41. The van der Waals surface area contributed by atoms with Gasteiger partial charge in [-0.05, 0) is 49.2 Å². The van der Waals surface area contributed by atoms with Gasteiger partial charge in [-0.3, -0.25) is 0 Å². The summed E-state index contributed by atoms with van der Waals surface area (Å²) in [4.78, 5) is 0. The van der Waals surface area contributed by atoms with Crippen LogP contribution >= 0.6 is 12.4 Å². The quantitative estimate of drug-likeness (QED) is 0.729. The Morgan fingerprint density at radius 2 is 1.47 bits per heavy atom. The van der Waals surface area contributed by atoms with Crippen molar-refractivity contribution in [2.24, 2.45) is 0 Å². The molecule has 2 heterocycles. The predicted octanol–water partition coefficient (Wildman–Crippen LogP) is 1.53. The van der Waals surface area contributed by atoms with Gasteiger partial charge in [-0.2, -0.15) is 0 Å². The van der Waals surface area contributed by atoms with E-state index in [1.54, 1.807) is 0 Å². The van der Waals surface area contributed by atoms with Gasteiger partial charge in [0.1, 0.15) is 0 Å². The first-order valence-electron chi connectivity index (χ1n) is 5.05. The smallest absolute Gasteiger partial charge is 0.231 e. The number of halogens is 1. The molecule has 1 aromatic carbocycles. The number of hydrogen-bond acceptors (Lipinski definition) is 3. The minimum absolute atomic E-state index is 0. The normalized spacial score (nSPS) is 17.6. The van der Waals surface area contributed by atoms with Crippen molar-refractivity contribution in [3.05, 3.63) is 23.3 Å². The number of nitrogens with one attached hydrogen (secondary N) is 1. The van der Waals surface area contributed by atoms with E-state index in [-0.39, 0.29) is 12.4 Å². The van der Waals surface area contributed by atoms with Gasteiger partial charge in [0.05, 0.1) is 0 Å². The van der Waals surface area contributed by atoms with Crippen LogP contribution in [0.2, 0.25) is 0 Å². The van der Waals surface area contributed by atoms with Gasteiger partial charge in [0.25, 0.3) is 0 Å². The highest BCUT2D eigenvalue weighted by Crippen LogP contribution is 2.35. The lowest BCUT2D eigenvalue weighted by Crippen LogP contribution is -2.16. The monoisotopic (exact) mass is 227 g/mol. The van der Waals surface area contributed by atoms with Crippen molar-refractivity contribution in [1.29, 1.82) is 0 Å². The molecule has 0 aliphatic carbocycles. The molecule has 0 saturated carbocycles. The first-order chi connectivity index (χ1) is 6.93. The highest BCUT2D eigenvalue weighted by Gasteiger charge is 2.17. The molecule has 15 heavy (non-hydrogen) atoms. The summed E-state index contributed by atoms with van der Waals surface area (Å²) in [5, 5.41) is 3.39. The van der Waals surface area contributed by atoms with Crippen LogP contribution in [-0.2, 0) is 12.8 Å². The van der Waals surface area contributed by atoms with Crippen LogP contribution in [0.15, 0.2) is 12.1 Å². The summed E-state index contributed by atoms with van der Waals surface area (Å²) in [5.74, 6) is 1.82. The number of rotatable bonds is 0. The van der Waals surface area contributed by atoms with Crippen LogP contribution in [0.3, 0.4) is 0 Å². The summed E-state index contributed by atoms with van der Waals surface area (Å²) in [7, 11) is 0. The fraction of sp³-hybridized carbons (Fsp3) is 0.455. The van der Waals surface area contributed by atoms with Crippen LogP contribution in [0.4, 0.5) is 0 Å². The molecule has 0 fully saturated rings. The Labute approximate surface area is 95.2 Å². The van der Waals surface area contributed by atoms with E-state index in [9.17, 15) is 0 Å². The van der Waals surface area contributed by atoms with Crippen LogP contribution in [-0.4, -0.2) is 19.9 Å². The van der Waals surface area contributed by atoms with Gasteiger partial charge in [0, 0.05) is 0 Å². The number of ether oxygens (including phenoxy) is 2. The van der Waals surface area contributed by atoms with E-state index in [1.165, 1.54) is 11.1 Å². The summed E-state index contributed by atoms with van der Waals surface area (Å²) in [6, 6.07) is 4.26. The van der Waals surface area contributed by atoms with E-state index in [1.807, 2.05) is 0 Å². The predicted molar refractivity (Wildman–Crippen MR) is 60.1 cm³/mol. The maximum absolute atomic E-state index is 5.36. The Bertz CT molecular complexity index is 335. The second-order valence-corrected chi connectivity index (χ2v) is 3.72. The van der Waals surface area contributed by atoms with Crippen molar-refractivity contribution in [2.75, 3.05) is 19.9 Å². The minimum Gasteiger partial charge on any atom is -0.454 e. The minimum atomic E-state index is 0. The summed E-state index contributed by atoms with van der Waals surface area (Å²) in [6.07, 6.45) is 2.18. The second kappa shape index (κ2) is 4.29. The van der Waals surface area contributed by atoms with E-state index < -0.39 is 0 Å². The average molecular weight is 228 g/mol. The Balaban J connectivity index is 0.000000853. The largest absolute Gasteiger partial charge is 0.454 e. The van der Waals surface area contributed by atoms with Gasteiger partial charge in [0.15, 0.2) is 11.5 Å². The highest BCUT2D eigenvalue weighted by molar-refractivity contribution is 5.85.